The summed E-state index contributed by atoms with van der Waals surface area (Å²) >= 11 is 0. The number of methoxy groups -OCH3 is 1. The lowest BCUT2D eigenvalue weighted by Gasteiger charge is -2.12. The third-order valence-electron chi connectivity index (χ3n) is 4.30. The van der Waals surface area contributed by atoms with Crippen molar-refractivity contribution in [1.82, 2.24) is 19.8 Å². The highest BCUT2D eigenvalue weighted by atomic mass is 16.5. The van der Waals surface area contributed by atoms with Gasteiger partial charge in [0.25, 0.3) is 0 Å². The monoisotopic (exact) mass is 309 g/mol. The van der Waals surface area contributed by atoms with Gasteiger partial charge < -0.3 is 10.1 Å². The van der Waals surface area contributed by atoms with Gasteiger partial charge in [-0.05, 0) is 37.1 Å². The molecular formula is C17H19N5O. The highest BCUT2D eigenvalue weighted by molar-refractivity contribution is 5.61. The van der Waals surface area contributed by atoms with Crippen LogP contribution in [-0.4, -0.2) is 33.0 Å². The number of nitrogens with one attached hydrogen (secondary N) is 1. The van der Waals surface area contributed by atoms with Crippen molar-refractivity contribution in [3.63, 3.8) is 0 Å². The molecule has 0 saturated heterocycles. The third-order valence-corrected chi connectivity index (χ3v) is 4.30. The topological polar surface area (TPSA) is 64.3 Å². The average molecular weight is 309 g/mol. The highest BCUT2D eigenvalue weighted by Crippen LogP contribution is 2.24. The lowest BCUT2D eigenvalue weighted by Crippen LogP contribution is -2.16. The highest BCUT2D eigenvalue weighted by Gasteiger charge is 2.16. The van der Waals surface area contributed by atoms with Gasteiger partial charge in [-0.3, -0.25) is 0 Å². The van der Waals surface area contributed by atoms with E-state index in [2.05, 4.69) is 20.6 Å². The van der Waals surface area contributed by atoms with E-state index in [4.69, 9.17) is 4.74 Å². The molecule has 4 rings (SSSR count). The molecule has 6 nitrogen and oxygen atoms in total. The van der Waals surface area contributed by atoms with Crippen LogP contribution in [0.5, 0.6) is 5.75 Å². The van der Waals surface area contributed by atoms with Gasteiger partial charge in [-0.2, -0.15) is 4.52 Å². The second kappa shape index (κ2) is 5.87. The number of fused-ring (bicyclic) bond motifs is 1. The van der Waals surface area contributed by atoms with Crippen LogP contribution in [0.1, 0.15) is 25.7 Å². The number of hydrogen-bond donors (Lipinski definition) is 1. The zero-order valence-electron chi connectivity index (χ0n) is 13.1. The minimum atomic E-state index is 0.525. The molecule has 23 heavy (non-hydrogen) atoms. The van der Waals surface area contributed by atoms with Gasteiger partial charge in [0.05, 0.1) is 7.11 Å². The fourth-order valence-corrected chi connectivity index (χ4v) is 3.09. The first-order chi connectivity index (χ1) is 11.3. The smallest absolute Gasteiger partial charge is 0.185 e. The van der Waals surface area contributed by atoms with Crippen LogP contribution in [0.3, 0.4) is 0 Å². The molecule has 2 aromatic heterocycles. The van der Waals surface area contributed by atoms with E-state index < -0.39 is 0 Å². The first-order valence-electron chi connectivity index (χ1n) is 7.97. The fraction of sp³-hybridized carbons (Fsp3) is 0.353. The number of nitrogens with zero attached hydrogens (tertiary/aromatic N) is 4. The van der Waals surface area contributed by atoms with Gasteiger partial charge in [-0.15, -0.1) is 15.3 Å². The Bertz CT molecular complexity index is 823. The standard InChI is InChI=1S/C17H19N5O/c1-23-14-8-4-5-12(11-14)17-20-19-16-10-9-15(21-22(16)17)18-13-6-2-3-7-13/h4-5,8-11,13H,2-3,6-7H2,1H3,(H,18,21). The van der Waals surface area contributed by atoms with E-state index in [9.17, 15) is 0 Å². The van der Waals surface area contributed by atoms with Gasteiger partial charge in [0, 0.05) is 11.6 Å². The number of anilines is 1. The number of rotatable bonds is 4. The minimum absolute atomic E-state index is 0.525. The Morgan fingerprint density at radius 1 is 1.13 bits per heavy atom. The maximum atomic E-state index is 5.29. The van der Waals surface area contributed by atoms with Gasteiger partial charge in [-0.1, -0.05) is 25.0 Å². The second-order valence-electron chi connectivity index (χ2n) is 5.87. The van der Waals surface area contributed by atoms with Crippen molar-refractivity contribution in [2.45, 2.75) is 31.7 Å². The van der Waals surface area contributed by atoms with Gasteiger partial charge in [0.2, 0.25) is 0 Å². The second-order valence-corrected chi connectivity index (χ2v) is 5.87. The van der Waals surface area contributed by atoms with Crippen LogP contribution in [0.2, 0.25) is 0 Å². The predicted molar refractivity (Wildman–Crippen MR) is 88.6 cm³/mol. The molecule has 0 radical (unpaired) electrons. The van der Waals surface area contributed by atoms with Crippen LogP contribution >= 0.6 is 0 Å². The molecule has 1 aliphatic rings. The van der Waals surface area contributed by atoms with E-state index in [0.29, 0.717) is 11.9 Å². The number of benzene rings is 1. The molecule has 3 aromatic rings. The lowest BCUT2D eigenvalue weighted by molar-refractivity contribution is 0.415. The van der Waals surface area contributed by atoms with Crippen molar-refractivity contribution in [2.24, 2.45) is 0 Å². The largest absolute Gasteiger partial charge is 0.497 e. The quantitative estimate of drug-likeness (QED) is 0.802. The predicted octanol–water partition coefficient (Wildman–Crippen LogP) is 3.15. The molecule has 1 fully saturated rings. The van der Waals surface area contributed by atoms with Crippen LogP contribution in [0.25, 0.3) is 17.0 Å². The molecule has 0 aliphatic heterocycles. The first kappa shape index (κ1) is 14.0. The summed E-state index contributed by atoms with van der Waals surface area (Å²) in [7, 11) is 1.66. The molecule has 1 aliphatic carbocycles. The van der Waals surface area contributed by atoms with Crippen molar-refractivity contribution < 1.29 is 4.74 Å². The summed E-state index contributed by atoms with van der Waals surface area (Å²) in [5.74, 6) is 2.38. The Labute approximate surface area is 134 Å². The number of hydrogen-bond acceptors (Lipinski definition) is 5. The van der Waals surface area contributed by atoms with Gasteiger partial charge >= 0.3 is 0 Å². The molecule has 1 aromatic carbocycles. The molecule has 0 bridgehead atoms. The minimum Gasteiger partial charge on any atom is -0.497 e. The molecule has 0 amide bonds. The van der Waals surface area contributed by atoms with Crippen molar-refractivity contribution >= 4 is 11.5 Å². The number of ether oxygens (including phenoxy) is 1. The van der Waals surface area contributed by atoms with Gasteiger partial charge in [-0.25, -0.2) is 0 Å². The van der Waals surface area contributed by atoms with Crippen LogP contribution in [0, 0.1) is 0 Å². The zero-order chi connectivity index (χ0) is 15.6. The molecular weight excluding hydrogens is 290 g/mol. The van der Waals surface area contributed by atoms with Crippen LogP contribution < -0.4 is 10.1 Å². The normalized spacial score (nSPS) is 15.2. The van der Waals surface area contributed by atoms with E-state index in [1.807, 2.05) is 36.4 Å². The van der Waals surface area contributed by atoms with E-state index in [1.165, 1.54) is 25.7 Å². The molecule has 1 saturated carbocycles. The third kappa shape index (κ3) is 2.72. The maximum absolute atomic E-state index is 5.29. The van der Waals surface area contributed by atoms with Crippen LogP contribution in [-0.2, 0) is 0 Å². The summed E-state index contributed by atoms with van der Waals surface area (Å²) < 4.78 is 7.07. The fourth-order valence-electron chi connectivity index (χ4n) is 3.09. The van der Waals surface area contributed by atoms with Crippen molar-refractivity contribution in [3.8, 4) is 17.1 Å². The van der Waals surface area contributed by atoms with E-state index in [-0.39, 0.29) is 0 Å². The Morgan fingerprint density at radius 3 is 2.83 bits per heavy atom. The molecule has 0 atom stereocenters. The van der Waals surface area contributed by atoms with Crippen LogP contribution in [0.15, 0.2) is 36.4 Å². The summed E-state index contributed by atoms with van der Waals surface area (Å²) in [4.78, 5) is 0. The van der Waals surface area contributed by atoms with Crippen LogP contribution in [0.4, 0.5) is 5.82 Å². The van der Waals surface area contributed by atoms with E-state index >= 15 is 0 Å². The maximum Gasteiger partial charge on any atom is 0.185 e. The van der Waals surface area contributed by atoms with Gasteiger partial charge in [0.1, 0.15) is 11.6 Å². The molecule has 0 spiro atoms. The summed E-state index contributed by atoms with van der Waals surface area (Å²) in [6.07, 6.45) is 5.01. The van der Waals surface area contributed by atoms with E-state index in [1.54, 1.807) is 11.6 Å². The molecule has 1 N–H and O–H groups in total. The molecule has 6 heteroatoms. The molecule has 118 valence electrons. The Morgan fingerprint density at radius 2 is 2.00 bits per heavy atom. The van der Waals surface area contributed by atoms with Gasteiger partial charge in [0.15, 0.2) is 11.5 Å². The molecule has 0 unspecified atom stereocenters. The van der Waals surface area contributed by atoms with Crippen molar-refractivity contribution in [2.75, 3.05) is 12.4 Å². The Balaban J connectivity index is 1.71. The summed E-state index contributed by atoms with van der Waals surface area (Å²) in [6.45, 7) is 0. The zero-order valence-corrected chi connectivity index (χ0v) is 13.1. The average Bonchev–Trinajstić information content (AvgIpc) is 3.24. The van der Waals surface area contributed by atoms with Crippen molar-refractivity contribution in [1.29, 1.82) is 0 Å². The first-order valence-corrected chi connectivity index (χ1v) is 7.97. The summed E-state index contributed by atoms with van der Waals surface area (Å²) in [5.41, 5.74) is 1.67. The SMILES string of the molecule is COc1cccc(-c2nnc3ccc(NC4CCCC4)nn23)c1. The lowest BCUT2D eigenvalue weighted by atomic mass is 10.2. The molecule has 2 heterocycles. The Hall–Kier alpha value is -2.63. The number of aromatic nitrogens is 4. The summed E-state index contributed by atoms with van der Waals surface area (Å²) in [6, 6.07) is 12.2. The van der Waals surface area contributed by atoms with Crippen molar-refractivity contribution in [3.05, 3.63) is 36.4 Å². The Kier molecular flexibility index (Phi) is 3.57. The van der Waals surface area contributed by atoms with E-state index in [0.717, 1.165) is 22.8 Å². The summed E-state index contributed by atoms with van der Waals surface area (Å²) in [5, 5.41) is 16.7.